The molecule has 1 atom stereocenters. The average molecular weight is 280 g/mol. The Morgan fingerprint density at radius 1 is 1.56 bits per heavy atom. The van der Waals surface area contributed by atoms with E-state index in [-0.39, 0.29) is 24.4 Å². The molecule has 108 valence electrons. The topological polar surface area (TPSA) is 67.6 Å². The number of hydrogen-bond acceptors (Lipinski definition) is 4. The summed E-state index contributed by atoms with van der Waals surface area (Å²) in [6, 6.07) is 0. The van der Waals surface area contributed by atoms with E-state index < -0.39 is 0 Å². The molecule has 0 aromatic carbocycles. The molecule has 6 heteroatoms. The minimum Gasteiger partial charge on any atom is -0.374 e. The fraction of sp³-hybridized carbons (Fsp3) is 0.917. The maximum Gasteiger partial charge on any atom is 0.221 e. The SMILES string of the molecule is CC(C)CN1CCOC(CNC(=O)CCN)C1.Cl. The first kappa shape index (κ1) is 17.6. The molecule has 0 aromatic rings. The lowest BCUT2D eigenvalue weighted by Crippen LogP contribution is -2.48. The van der Waals surface area contributed by atoms with Crippen LogP contribution in [-0.2, 0) is 9.53 Å². The molecule has 1 heterocycles. The third-order valence-electron chi connectivity index (χ3n) is 2.74. The normalized spacial score (nSPS) is 20.6. The number of rotatable bonds is 6. The number of nitrogens with two attached hydrogens (primary N) is 1. The van der Waals surface area contributed by atoms with Crippen molar-refractivity contribution in [3.63, 3.8) is 0 Å². The minimum atomic E-state index is 0. The Hall–Kier alpha value is -0.360. The summed E-state index contributed by atoms with van der Waals surface area (Å²) in [5.41, 5.74) is 5.31. The molecule has 3 N–H and O–H groups in total. The van der Waals surface area contributed by atoms with Gasteiger partial charge in [0.25, 0.3) is 0 Å². The summed E-state index contributed by atoms with van der Waals surface area (Å²) in [7, 11) is 0. The van der Waals surface area contributed by atoms with Gasteiger partial charge >= 0.3 is 0 Å². The number of morpholine rings is 1. The van der Waals surface area contributed by atoms with Crippen LogP contribution in [0.15, 0.2) is 0 Å². The summed E-state index contributed by atoms with van der Waals surface area (Å²) in [6.45, 7) is 9.17. The first-order chi connectivity index (χ1) is 8.11. The van der Waals surface area contributed by atoms with E-state index in [0.717, 1.165) is 26.2 Å². The zero-order valence-corrected chi connectivity index (χ0v) is 12.2. The predicted octanol–water partition coefficient (Wildman–Crippen LogP) is 0.230. The van der Waals surface area contributed by atoms with Crippen molar-refractivity contribution in [2.45, 2.75) is 26.4 Å². The number of amides is 1. The van der Waals surface area contributed by atoms with Gasteiger partial charge in [0.2, 0.25) is 5.91 Å². The number of hydrogen-bond donors (Lipinski definition) is 2. The van der Waals surface area contributed by atoms with Gasteiger partial charge in [-0.2, -0.15) is 0 Å². The van der Waals surface area contributed by atoms with E-state index in [0.29, 0.717) is 25.4 Å². The average Bonchev–Trinajstić information content (AvgIpc) is 2.26. The highest BCUT2D eigenvalue weighted by Gasteiger charge is 2.21. The third-order valence-corrected chi connectivity index (χ3v) is 2.74. The molecular weight excluding hydrogens is 254 g/mol. The number of nitrogens with zero attached hydrogens (tertiary/aromatic N) is 1. The maximum atomic E-state index is 11.3. The van der Waals surface area contributed by atoms with Crippen LogP contribution in [-0.4, -0.2) is 56.2 Å². The van der Waals surface area contributed by atoms with Crippen molar-refractivity contribution in [3.05, 3.63) is 0 Å². The van der Waals surface area contributed by atoms with E-state index in [4.69, 9.17) is 10.5 Å². The summed E-state index contributed by atoms with van der Waals surface area (Å²) < 4.78 is 5.63. The van der Waals surface area contributed by atoms with E-state index in [1.54, 1.807) is 0 Å². The van der Waals surface area contributed by atoms with Crippen molar-refractivity contribution in [2.24, 2.45) is 11.7 Å². The van der Waals surface area contributed by atoms with Crippen molar-refractivity contribution in [3.8, 4) is 0 Å². The highest BCUT2D eigenvalue weighted by molar-refractivity contribution is 5.85. The zero-order valence-electron chi connectivity index (χ0n) is 11.4. The summed E-state index contributed by atoms with van der Waals surface area (Å²) >= 11 is 0. The largest absolute Gasteiger partial charge is 0.374 e. The molecule has 0 aromatic heterocycles. The van der Waals surface area contributed by atoms with Gasteiger partial charge in [-0.25, -0.2) is 0 Å². The Morgan fingerprint density at radius 2 is 2.28 bits per heavy atom. The van der Waals surface area contributed by atoms with Gasteiger partial charge in [0.05, 0.1) is 12.7 Å². The molecule has 1 aliphatic heterocycles. The monoisotopic (exact) mass is 279 g/mol. The van der Waals surface area contributed by atoms with E-state index >= 15 is 0 Å². The van der Waals surface area contributed by atoms with Crippen LogP contribution >= 0.6 is 12.4 Å². The van der Waals surface area contributed by atoms with Crippen LogP contribution in [0.3, 0.4) is 0 Å². The van der Waals surface area contributed by atoms with Crippen molar-refractivity contribution in [1.29, 1.82) is 0 Å². The second-order valence-corrected chi connectivity index (χ2v) is 4.99. The van der Waals surface area contributed by atoms with Gasteiger partial charge in [-0.1, -0.05) is 13.8 Å². The van der Waals surface area contributed by atoms with E-state index in [2.05, 4.69) is 24.1 Å². The van der Waals surface area contributed by atoms with Gasteiger partial charge in [-0.3, -0.25) is 9.69 Å². The van der Waals surface area contributed by atoms with Gasteiger partial charge in [0.1, 0.15) is 0 Å². The molecule has 0 aliphatic carbocycles. The fourth-order valence-corrected chi connectivity index (χ4v) is 2.03. The number of nitrogens with one attached hydrogen (secondary N) is 1. The van der Waals surface area contributed by atoms with Crippen LogP contribution in [0.5, 0.6) is 0 Å². The van der Waals surface area contributed by atoms with Crippen molar-refractivity contribution in [2.75, 3.05) is 39.3 Å². The Labute approximate surface area is 116 Å². The Bertz CT molecular complexity index is 239. The Morgan fingerprint density at radius 3 is 2.89 bits per heavy atom. The number of carbonyl (C=O) groups excluding carboxylic acids is 1. The number of ether oxygens (including phenoxy) is 1. The van der Waals surface area contributed by atoms with Crippen LogP contribution in [0, 0.1) is 5.92 Å². The molecule has 0 radical (unpaired) electrons. The molecule has 0 saturated carbocycles. The predicted molar refractivity (Wildman–Crippen MR) is 74.9 cm³/mol. The number of halogens is 1. The van der Waals surface area contributed by atoms with Gasteiger partial charge in [-0.15, -0.1) is 12.4 Å². The highest BCUT2D eigenvalue weighted by Crippen LogP contribution is 2.07. The molecule has 1 rings (SSSR count). The molecule has 18 heavy (non-hydrogen) atoms. The molecule has 5 nitrogen and oxygen atoms in total. The lowest BCUT2D eigenvalue weighted by molar-refractivity contribution is -0.122. The molecule has 1 saturated heterocycles. The maximum absolute atomic E-state index is 11.3. The zero-order chi connectivity index (χ0) is 12.7. The first-order valence-electron chi connectivity index (χ1n) is 6.42. The van der Waals surface area contributed by atoms with Gasteiger partial charge < -0.3 is 15.8 Å². The standard InChI is InChI=1S/C12H25N3O2.ClH/c1-10(2)8-15-5-6-17-11(9-15)7-14-12(16)3-4-13;/h10-11H,3-9,13H2,1-2H3,(H,14,16);1H. The van der Waals surface area contributed by atoms with Crippen LogP contribution < -0.4 is 11.1 Å². The summed E-state index contributed by atoms with van der Waals surface area (Å²) in [5.74, 6) is 0.678. The lowest BCUT2D eigenvalue weighted by Gasteiger charge is -2.33. The van der Waals surface area contributed by atoms with Crippen LogP contribution in [0.4, 0.5) is 0 Å². The van der Waals surface area contributed by atoms with Gasteiger partial charge in [0, 0.05) is 39.1 Å². The van der Waals surface area contributed by atoms with Crippen LogP contribution in [0.25, 0.3) is 0 Å². The Kier molecular flexibility index (Phi) is 9.36. The number of carbonyl (C=O) groups is 1. The quantitative estimate of drug-likeness (QED) is 0.730. The van der Waals surface area contributed by atoms with Crippen molar-refractivity contribution >= 4 is 18.3 Å². The van der Waals surface area contributed by atoms with Crippen molar-refractivity contribution in [1.82, 2.24) is 10.2 Å². The highest BCUT2D eigenvalue weighted by atomic mass is 35.5. The first-order valence-corrected chi connectivity index (χ1v) is 6.42. The third kappa shape index (κ3) is 7.16. The molecule has 1 unspecified atom stereocenters. The summed E-state index contributed by atoms with van der Waals surface area (Å²) in [6.07, 6.45) is 0.506. The molecule has 1 fully saturated rings. The van der Waals surface area contributed by atoms with Crippen LogP contribution in [0.1, 0.15) is 20.3 Å². The molecular formula is C12H26ClN3O2. The molecule has 1 aliphatic rings. The molecule has 0 spiro atoms. The molecule has 1 amide bonds. The minimum absolute atomic E-state index is 0. The van der Waals surface area contributed by atoms with Crippen molar-refractivity contribution < 1.29 is 9.53 Å². The lowest BCUT2D eigenvalue weighted by atomic mass is 10.2. The van der Waals surface area contributed by atoms with Gasteiger partial charge in [-0.05, 0) is 5.92 Å². The second-order valence-electron chi connectivity index (χ2n) is 4.99. The smallest absolute Gasteiger partial charge is 0.221 e. The summed E-state index contributed by atoms with van der Waals surface area (Å²) in [5, 5.41) is 2.86. The van der Waals surface area contributed by atoms with E-state index in [9.17, 15) is 4.79 Å². The van der Waals surface area contributed by atoms with E-state index in [1.807, 2.05) is 0 Å². The molecule has 0 bridgehead atoms. The van der Waals surface area contributed by atoms with E-state index in [1.165, 1.54) is 0 Å². The van der Waals surface area contributed by atoms with Gasteiger partial charge in [0.15, 0.2) is 0 Å². The fourth-order valence-electron chi connectivity index (χ4n) is 2.03. The second kappa shape index (κ2) is 9.55. The van der Waals surface area contributed by atoms with Crippen LogP contribution in [0.2, 0.25) is 0 Å². The Balaban J connectivity index is 0.00000289. The summed E-state index contributed by atoms with van der Waals surface area (Å²) in [4.78, 5) is 13.7.